The number of aliphatic carboxylic acids is 2. The number of carboxylic acids is 2. The van der Waals surface area contributed by atoms with E-state index in [2.05, 4.69) is 0 Å². The quantitative estimate of drug-likeness (QED) is 0.148. The standard InChI is InChI=1S/C28H24O12/c1-37-21-11-15(2-6-18(21)30)12-23(27(33)34)38-24(32)9-4-14-3-8-20-22(10-14)40-26(28(35)36)25(39-20)16-5-7-17(29)19(31)13-16/h2-11,13,23,25-26,29-31H,12H2,1H3,(H,33,34)(H,35,36)/t23-,25+,26+/m1/s1. The molecular formula is C28H24O12. The van der Waals surface area contributed by atoms with Crippen molar-refractivity contribution in [3.8, 4) is 34.5 Å². The van der Waals surface area contributed by atoms with Gasteiger partial charge in [0, 0.05) is 18.1 Å². The van der Waals surface area contributed by atoms with Crippen LogP contribution in [0.15, 0.2) is 60.7 Å². The van der Waals surface area contributed by atoms with Crippen LogP contribution in [0.25, 0.3) is 6.08 Å². The van der Waals surface area contributed by atoms with Crippen molar-refractivity contribution in [3.05, 3.63) is 77.4 Å². The lowest BCUT2D eigenvalue weighted by Gasteiger charge is -2.32. The Hall–Kier alpha value is -5.39. The van der Waals surface area contributed by atoms with Gasteiger partial charge in [0.2, 0.25) is 12.2 Å². The summed E-state index contributed by atoms with van der Waals surface area (Å²) in [4.78, 5) is 35.9. The Bertz CT molecular complexity index is 1480. The molecule has 5 N–H and O–H groups in total. The number of methoxy groups -OCH3 is 1. The van der Waals surface area contributed by atoms with Crippen LogP contribution in [-0.2, 0) is 25.5 Å². The van der Waals surface area contributed by atoms with Crippen LogP contribution in [0.2, 0.25) is 0 Å². The zero-order valence-corrected chi connectivity index (χ0v) is 20.9. The molecule has 12 heteroatoms. The Labute approximate surface area is 226 Å². The molecule has 0 radical (unpaired) electrons. The van der Waals surface area contributed by atoms with E-state index in [9.17, 15) is 39.9 Å². The molecule has 4 rings (SSSR count). The van der Waals surface area contributed by atoms with Crippen molar-refractivity contribution in [2.75, 3.05) is 7.11 Å². The van der Waals surface area contributed by atoms with Gasteiger partial charge in [0.1, 0.15) is 0 Å². The number of aromatic hydroxyl groups is 3. The monoisotopic (exact) mass is 552 g/mol. The highest BCUT2D eigenvalue weighted by molar-refractivity contribution is 5.89. The number of fused-ring (bicyclic) bond motifs is 1. The maximum absolute atomic E-state index is 12.4. The van der Waals surface area contributed by atoms with Crippen LogP contribution >= 0.6 is 0 Å². The molecule has 0 spiro atoms. The van der Waals surface area contributed by atoms with Gasteiger partial charge in [-0.15, -0.1) is 0 Å². The summed E-state index contributed by atoms with van der Waals surface area (Å²) in [5.41, 5.74) is 1.12. The SMILES string of the molecule is COc1cc(C[C@@H](OC(=O)C=Cc2ccc3c(c2)O[C@H](C(=O)O)[C@H](c2ccc(O)c(O)c2)O3)C(=O)O)ccc1O. The molecule has 0 saturated heterocycles. The summed E-state index contributed by atoms with van der Waals surface area (Å²) in [5.74, 6) is -4.18. The van der Waals surface area contributed by atoms with E-state index in [-0.39, 0.29) is 40.7 Å². The molecule has 12 nitrogen and oxygen atoms in total. The first kappa shape index (κ1) is 27.6. The average molecular weight is 552 g/mol. The Balaban J connectivity index is 1.47. The average Bonchev–Trinajstić information content (AvgIpc) is 2.93. The van der Waals surface area contributed by atoms with Crippen molar-refractivity contribution in [2.24, 2.45) is 0 Å². The second kappa shape index (κ2) is 11.6. The number of rotatable bonds is 9. The molecule has 0 fully saturated rings. The van der Waals surface area contributed by atoms with Crippen LogP contribution in [0.5, 0.6) is 34.5 Å². The van der Waals surface area contributed by atoms with E-state index in [0.29, 0.717) is 11.1 Å². The van der Waals surface area contributed by atoms with E-state index < -0.39 is 42.0 Å². The molecule has 0 aromatic heterocycles. The first-order chi connectivity index (χ1) is 19.0. The van der Waals surface area contributed by atoms with Gasteiger partial charge < -0.3 is 44.5 Å². The minimum Gasteiger partial charge on any atom is -0.504 e. The Morgan fingerprint density at radius 2 is 1.65 bits per heavy atom. The number of phenols is 3. The van der Waals surface area contributed by atoms with Crippen LogP contribution in [0.3, 0.4) is 0 Å². The number of carbonyl (C=O) groups is 3. The third-order valence-electron chi connectivity index (χ3n) is 5.93. The molecule has 208 valence electrons. The van der Waals surface area contributed by atoms with Crippen molar-refractivity contribution in [1.82, 2.24) is 0 Å². The number of esters is 1. The molecule has 0 saturated carbocycles. The highest BCUT2D eigenvalue weighted by atomic mass is 16.6. The van der Waals surface area contributed by atoms with Gasteiger partial charge >= 0.3 is 17.9 Å². The molecule has 1 heterocycles. The largest absolute Gasteiger partial charge is 0.504 e. The van der Waals surface area contributed by atoms with E-state index >= 15 is 0 Å². The number of benzene rings is 3. The molecule has 0 bridgehead atoms. The third-order valence-corrected chi connectivity index (χ3v) is 5.93. The van der Waals surface area contributed by atoms with Gasteiger partial charge in [0.05, 0.1) is 7.11 Å². The maximum Gasteiger partial charge on any atom is 0.349 e. The lowest BCUT2D eigenvalue weighted by atomic mass is 10.0. The molecule has 3 aromatic rings. The fraction of sp³-hybridized carbons (Fsp3) is 0.179. The topological polar surface area (TPSA) is 189 Å². The second-order valence-corrected chi connectivity index (χ2v) is 8.68. The van der Waals surface area contributed by atoms with Gasteiger partial charge in [0.25, 0.3) is 0 Å². The summed E-state index contributed by atoms with van der Waals surface area (Å²) >= 11 is 0. The number of hydrogen-bond donors (Lipinski definition) is 5. The molecule has 3 atom stereocenters. The number of carbonyl (C=O) groups excluding carboxylic acids is 1. The lowest BCUT2D eigenvalue weighted by molar-refractivity contribution is -0.160. The van der Waals surface area contributed by atoms with E-state index in [1.807, 2.05) is 0 Å². The molecule has 1 aliphatic rings. The number of ether oxygens (including phenoxy) is 4. The predicted molar refractivity (Wildman–Crippen MR) is 137 cm³/mol. The van der Waals surface area contributed by atoms with Crippen molar-refractivity contribution in [1.29, 1.82) is 0 Å². The number of hydrogen-bond acceptors (Lipinski definition) is 10. The summed E-state index contributed by atoms with van der Waals surface area (Å²) in [5, 5.41) is 48.2. The van der Waals surface area contributed by atoms with Crippen LogP contribution < -0.4 is 14.2 Å². The second-order valence-electron chi connectivity index (χ2n) is 8.68. The van der Waals surface area contributed by atoms with Crippen molar-refractivity contribution in [3.63, 3.8) is 0 Å². The molecule has 1 aliphatic heterocycles. The Kier molecular flexibility index (Phi) is 7.99. The van der Waals surface area contributed by atoms with E-state index in [0.717, 1.165) is 6.08 Å². The predicted octanol–water partition coefficient (Wildman–Crippen LogP) is 3.03. The van der Waals surface area contributed by atoms with Crippen molar-refractivity contribution < 1.29 is 58.9 Å². The van der Waals surface area contributed by atoms with Gasteiger partial charge in [-0.25, -0.2) is 14.4 Å². The minimum atomic E-state index is -1.51. The summed E-state index contributed by atoms with van der Waals surface area (Å²) in [6, 6.07) is 12.5. The van der Waals surface area contributed by atoms with Crippen LogP contribution in [0.1, 0.15) is 22.8 Å². The third kappa shape index (κ3) is 6.18. The summed E-state index contributed by atoms with van der Waals surface area (Å²) in [6.45, 7) is 0. The lowest BCUT2D eigenvalue weighted by Crippen LogP contribution is -2.39. The number of phenolic OH excluding ortho intramolecular Hbond substituents is 3. The molecule has 0 unspecified atom stereocenters. The fourth-order valence-corrected chi connectivity index (χ4v) is 3.94. The molecule has 40 heavy (non-hydrogen) atoms. The van der Waals surface area contributed by atoms with Crippen molar-refractivity contribution >= 4 is 24.0 Å². The summed E-state index contributed by atoms with van der Waals surface area (Å²) in [6.07, 6.45) is -1.97. The van der Waals surface area contributed by atoms with Gasteiger partial charge in [-0.2, -0.15) is 0 Å². The minimum absolute atomic E-state index is 0.0758. The highest BCUT2D eigenvalue weighted by Gasteiger charge is 2.38. The smallest absolute Gasteiger partial charge is 0.349 e. The molecular weight excluding hydrogens is 528 g/mol. The summed E-state index contributed by atoms with van der Waals surface area (Å²) < 4.78 is 21.6. The Morgan fingerprint density at radius 3 is 2.33 bits per heavy atom. The van der Waals surface area contributed by atoms with E-state index in [1.165, 1.54) is 61.7 Å². The zero-order valence-electron chi connectivity index (χ0n) is 20.9. The van der Waals surface area contributed by atoms with Gasteiger partial charge in [-0.05, 0) is 53.6 Å². The fourth-order valence-electron chi connectivity index (χ4n) is 3.94. The maximum atomic E-state index is 12.4. The summed E-state index contributed by atoms with van der Waals surface area (Å²) in [7, 11) is 1.35. The van der Waals surface area contributed by atoms with E-state index in [1.54, 1.807) is 6.07 Å². The van der Waals surface area contributed by atoms with Crippen LogP contribution in [0.4, 0.5) is 0 Å². The van der Waals surface area contributed by atoms with Gasteiger partial charge in [-0.3, -0.25) is 0 Å². The van der Waals surface area contributed by atoms with E-state index in [4.69, 9.17) is 18.9 Å². The van der Waals surface area contributed by atoms with Crippen LogP contribution in [-0.4, -0.2) is 62.8 Å². The molecule has 3 aromatic carbocycles. The van der Waals surface area contributed by atoms with Crippen molar-refractivity contribution in [2.45, 2.75) is 24.7 Å². The first-order valence-corrected chi connectivity index (χ1v) is 11.7. The number of carboxylic acid groups (broad SMARTS) is 2. The van der Waals surface area contributed by atoms with Gasteiger partial charge in [-0.1, -0.05) is 18.2 Å². The molecule has 0 amide bonds. The zero-order chi connectivity index (χ0) is 29.0. The van der Waals surface area contributed by atoms with Gasteiger partial charge in [0.15, 0.2) is 40.6 Å². The van der Waals surface area contributed by atoms with Crippen LogP contribution in [0, 0.1) is 0 Å². The highest BCUT2D eigenvalue weighted by Crippen LogP contribution is 2.41. The Morgan fingerprint density at radius 1 is 0.900 bits per heavy atom. The first-order valence-electron chi connectivity index (χ1n) is 11.7. The molecule has 0 aliphatic carbocycles. The normalized spacial score (nSPS) is 16.7.